The maximum absolute atomic E-state index is 3.54. The minimum atomic E-state index is -1.54. The number of rotatable bonds is 5. The summed E-state index contributed by atoms with van der Waals surface area (Å²) in [6.07, 6.45) is 10.3. The molecule has 1 aliphatic rings. The summed E-state index contributed by atoms with van der Waals surface area (Å²) in [5.74, 6) is 1.21. The molecule has 0 amide bonds. The summed E-state index contributed by atoms with van der Waals surface area (Å²) in [5.41, 5.74) is 0. The number of thioether (sulfide) groups is 1. The zero-order valence-electron chi connectivity index (χ0n) is 12.7. The predicted molar refractivity (Wildman–Crippen MR) is 85.1 cm³/mol. The van der Waals surface area contributed by atoms with Gasteiger partial charge in [0.1, 0.15) is 0 Å². The van der Waals surface area contributed by atoms with Gasteiger partial charge in [0.05, 0.1) is 8.07 Å². The van der Waals surface area contributed by atoms with Crippen molar-refractivity contribution in [2.24, 2.45) is 0 Å². The first-order valence-electron chi connectivity index (χ1n) is 6.66. The molecular formula is C16H21Cl2SSiTi. The quantitative estimate of drug-likeness (QED) is 0.329. The molecule has 1 aromatic rings. The molecule has 1 aromatic carbocycles. The van der Waals surface area contributed by atoms with Gasteiger partial charge < -0.3 is 24.8 Å². The Morgan fingerprint density at radius 3 is 2.43 bits per heavy atom. The first-order valence-corrected chi connectivity index (χ1v) is 10.6. The molecule has 0 saturated carbocycles. The second kappa shape index (κ2) is 11.2. The molecule has 0 saturated heterocycles. The molecular weight excluding hydrogens is 371 g/mol. The number of halogens is 2. The maximum Gasteiger partial charge on any atom is 3.00 e. The SMILES string of the molecule is CCCSc1ccccc1[Si](C)(C)C1=[C-]CC=C1.[Cl-].[Cl-].[Ti+3]. The van der Waals surface area contributed by atoms with Crippen LogP contribution in [0.3, 0.4) is 0 Å². The summed E-state index contributed by atoms with van der Waals surface area (Å²) in [6, 6.07) is 8.95. The zero-order chi connectivity index (χ0) is 13.0. The molecule has 0 aliphatic heterocycles. The molecule has 0 aromatic heterocycles. The normalized spacial score (nSPS) is 12.8. The molecule has 1 aliphatic carbocycles. The fourth-order valence-corrected chi connectivity index (χ4v) is 6.69. The number of hydrogen-bond acceptors (Lipinski definition) is 1. The topological polar surface area (TPSA) is 0 Å². The Morgan fingerprint density at radius 2 is 1.86 bits per heavy atom. The van der Waals surface area contributed by atoms with Crippen molar-refractivity contribution >= 4 is 25.0 Å². The first kappa shape index (κ1) is 23.8. The van der Waals surface area contributed by atoms with Crippen LogP contribution in [0.15, 0.2) is 46.5 Å². The van der Waals surface area contributed by atoms with Gasteiger partial charge in [-0.1, -0.05) is 38.2 Å². The van der Waals surface area contributed by atoms with E-state index in [0.29, 0.717) is 0 Å². The minimum absolute atomic E-state index is 0. The second-order valence-corrected chi connectivity index (χ2v) is 10.6. The van der Waals surface area contributed by atoms with Gasteiger partial charge in [-0.15, -0.1) is 18.2 Å². The molecule has 0 spiro atoms. The van der Waals surface area contributed by atoms with Crippen LogP contribution in [0.5, 0.6) is 0 Å². The number of allylic oxidation sites excluding steroid dienone is 4. The van der Waals surface area contributed by atoms with Crippen molar-refractivity contribution in [1.82, 2.24) is 0 Å². The predicted octanol–water partition coefficient (Wildman–Crippen LogP) is -1.66. The molecule has 0 unspecified atom stereocenters. The third-order valence-electron chi connectivity index (χ3n) is 3.39. The van der Waals surface area contributed by atoms with Crippen LogP contribution in [0, 0.1) is 6.08 Å². The van der Waals surface area contributed by atoms with Gasteiger partial charge in [0.25, 0.3) is 0 Å². The Balaban J connectivity index is 0. The van der Waals surface area contributed by atoms with Gasteiger partial charge >= 0.3 is 21.7 Å². The third kappa shape index (κ3) is 5.93. The first-order chi connectivity index (χ1) is 8.66. The number of hydrogen-bond donors (Lipinski definition) is 0. The summed E-state index contributed by atoms with van der Waals surface area (Å²) in [5, 5.41) is 3.03. The van der Waals surface area contributed by atoms with Crippen LogP contribution in [0.25, 0.3) is 0 Å². The van der Waals surface area contributed by atoms with Crippen LogP contribution < -0.4 is 30.0 Å². The Kier molecular flexibility index (Phi) is 12.7. The molecule has 21 heavy (non-hydrogen) atoms. The van der Waals surface area contributed by atoms with Crippen molar-refractivity contribution in [2.45, 2.75) is 37.8 Å². The van der Waals surface area contributed by atoms with Crippen LogP contribution in [-0.4, -0.2) is 13.8 Å². The molecule has 0 fully saturated rings. The van der Waals surface area contributed by atoms with Crippen LogP contribution >= 0.6 is 11.8 Å². The van der Waals surface area contributed by atoms with E-state index in [4.69, 9.17) is 0 Å². The Hall–Kier alpha value is 0.561. The van der Waals surface area contributed by atoms with E-state index in [1.54, 1.807) is 5.19 Å². The fraction of sp³-hybridized carbons (Fsp3) is 0.375. The van der Waals surface area contributed by atoms with E-state index in [-0.39, 0.29) is 46.5 Å². The minimum Gasteiger partial charge on any atom is -1.00 e. The van der Waals surface area contributed by atoms with Crippen molar-refractivity contribution in [3.63, 3.8) is 0 Å². The van der Waals surface area contributed by atoms with E-state index in [9.17, 15) is 0 Å². The zero-order valence-corrected chi connectivity index (χ0v) is 17.6. The fourth-order valence-electron chi connectivity index (χ4n) is 2.30. The molecule has 0 heterocycles. The monoisotopic (exact) mass is 391 g/mol. The van der Waals surface area contributed by atoms with Gasteiger partial charge in [0.2, 0.25) is 0 Å². The molecule has 2 rings (SSSR count). The molecule has 113 valence electrons. The van der Waals surface area contributed by atoms with E-state index in [2.05, 4.69) is 62.5 Å². The Labute approximate surface area is 162 Å². The van der Waals surface area contributed by atoms with E-state index >= 15 is 0 Å². The van der Waals surface area contributed by atoms with Crippen molar-refractivity contribution in [1.29, 1.82) is 0 Å². The molecule has 1 radical (unpaired) electrons. The molecule has 0 N–H and O–H groups in total. The van der Waals surface area contributed by atoms with Gasteiger partial charge in [0, 0.05) is 4.90 Å². The molecule has 0 atom stereocenters. The van der Waals surface area contributed by atoms with Gasteiger partial charge in [-0.3, -0.25) is 6.08 Å². The van der Waals surface area contributed by atoms with Crippen LogP contribution in [0.2, 0.25) is 13.1 Å². The summed E-state index contributed by atoms with van der Waals surface area (Å²) < 4.78 is 0. The van der Waals surface area contributed by atoms with Gasteiger partial charge in [-0.25, -0.2) is 11.3 Å². The van der Waals surface area contributed by atoms with Crippen molar-refractivity contribution in [2.75, 3.05) is 5.75 Å². The smallest absolute Gasteiger partial charge is 1.00 e. The summed E-state index contributed by atoms with van der Waals surface area (Å²) in [4.78, 5) is 1.48. The van der Waals surface area contributed by atoms with Crippen LogP contribution in [0.4, 0.5) is 0 Å². The molecule has 5 heteroatoms. The van der Waals surface area contributed by atoms with Crippen LogP contribution in [0.1, 0.15) is 19.8 Å². The summed E-state index contributed by atoms with van der Waals surface area (Å²) >= 11 is 2.00. The largest absolute Gasteiger partial charge is 3.00 e. The molecule has 0 bridgehead atoms. The van der Waals surface area contributed by atoms with Crippen molar-refractivity contribution in [3.8, 4) is 0 Å². The van der Waals surface area contributed by atoms with E-state index in [0.717, 1.165) is 6.42 Å². The third-order valence-corrected chi connectivity index (χ3v) is 8.32. The van der Waals surface area contributed by atoms with Crippen molar-refractivity contribution < 1.29 is 46.5 Å². The van der Waals surface area contributed by atoms with Crippen LogP contribution in [-0.2, 0) is 21.7 Å². The Morgan fingerprint density at radius 1 is 1.19 bits per heavy atom. The average Bonchev–Trinajstić information content (AvgIpc) is 2.91. The average molecular weight is 392 g/mol. The van der Waals surface area contributed by atoms with Gasteiger partial charge in [-0.2, -0.15) is 6.08 Å². The van der Waals surface area contributed by atoms with Gasteiger partial charge in [0.15, 0.2) is 0 Å². The summed E-state index contributed by atoms with van der Waals surface area (Å²) in [7, 11) is -1.54. The standard InChI is InChI=1S/C16H21SSi.2ClH.Ti/c1-4-13-17-15-11-7-8-12-16(15)18(2,3)14-9-5-6-10-14;;;/h5,7-9,11-12H,4,6,13H2,1-3H3;2*1H;/q-1;;;+3/p-2. The van der Waals surface area contributed by atoms with E-state index < -0.39 is 8.07 Å². The second-order valence-electron chi connectivity index (χ2n) is 5.17. The Bertz CT molecular complexity index is 487. The van der Waals surface area contributed by atoms with Crippen molar-refractivity contribution in [3.05, 3.63) is 47.7 Å². The van der Waals surface area contributed by atoms with E-state index in [1.165, 1.54) is 22.3 Å². The summed E-state index contributed by atoms with van der Waals surface area (Å²) in [6.45, 7) is 7.13. The maximum atomic E-state index is 3.54. The van der Waals surface area contributed by atoms with E-state index in [1.807, 2.05) is 11.8 Å². The number of benzene rings is 1. The van der Waals surface area contributed by atoms with Gasteiger partial charge in [-0.05, 0) is 23.4 Å². The molecule has 0 nitrogen and oxygen atoms in total.